The standard InChI is InChI=1S/C62H44N2/c1-41-34-53(49-16-11-17-57(40-49)64-60-20-9-7-18-58(60)59-19-8-10-21-61(59)64)35-42(2)62(41)63(55-30-26-44(27-31-55)50-23-22-43-12-3-4-13-46(43)36-50)56-32-28-45(29-33-56)51-24-25-52-37-47-14-5-6-15-48(47)38-54(52)39-51/h3-40H,1-2H3. The number of fused-ring (bicyclic) bond motifs is 6. The molecule has 2 nitrogen and oxygen atoms in total. The van der Waals surface area contributed by atoms with E-state index in [1.165, 1.54) is 104 Å². The van der Waals surface area contributed by atoms with E-state index in [1.807, 2.05) is 0 Å². The summed E-state index contributed by atoms with van der Waals surface area (Å²) >= 11 is 0. The lowest BCUT2D eigenvalue weighted by Gasteiger charge is -2.29. The Morgan fingerprint density at radius 2 is 0.734 bits per heavy atom. The normalized spacial score (nSPS) is 11.6. The number of nitrogens with zero attached hydrogens (tertiary/aromatic N) is 2. The Labute approximate surface area is 373 Å². The minimum absolute atomic E-state index is 1.11. The lowest BCUT2D eigenvalue weighted by molar-refractivity contribution is 1.18. The van der Waals surface area contributed by atoms with Gasteiger partial charge in [-0.25, -0.2) is 0 Å². The Morgan fingerprint density at radius 3 is 1.33 bits per heavy atom. The van der Waals surface area contributed by atoms with Crippen molar-refractivity contribution in [2.24, 2.45) is 0 Å². The molecule has 0 amide bonds. The van der Waals surface area contributed by atoms with Crippen molar-refractivity contribution in [1.29, 1.82) is 0 Å². The van der Waals surface area contributed by atoms with Crippen molar-refractivity contribution >= 4 is 71.2 Å². The van der Waals surface area contributed by atoms with Crippen molar-refractivity contribution in [3.63, 3.8) is 0 Å². The first-order valence-electron chi connectivity index (χ1n) is 22.2. The quantitative estimate of drug-likeness (QED) is 0.146. The van der Waals surface area contributed by atoms with E-state index in [-0.39, 0.29) is 0 Å². The first-order valence-corrected chi connectivity index (χ1v) is 22.2. The molecule has 0 radical (unpaired) electrons. The summed E-state index contributed by atoms with van der Waals surface area (Å²) in [5.41, 5.74) is 16.6. The van der Waals surface area contributed by atoms with Crippen molar-refractivity contribution in [3.8, 4) is 39.1 Å². The molecule has 0 bridgehead atoms. The lowest BCUT2D eigenvalue weighted by Crippen LogP contribution is -2.13. The van der Waals surface area contributed by atoms with Gasteiger partial charge in [0.25, 0.3) is 0 Å². The minimum Gasteiger partial charge on any atom is -0.310 e. The van der Waals surface area contributed by atoms with Gasteiger partial charge in [-0.15, -0.1) is 0 Å². The average Bonchev–Trinajstić information content (AvgIpc) is 3.69. The second-order valence-electron chi connectivity index (χ2n) is 17.1. The van der Waals surface area contributed by atoms with E-state index >= 15 is 0 Å². The summed E-state index contributed by atoms with van der Waals surface area (Å²) in [6.07, 6.45) is 0. The summed E-state index contributed by atoms with van der Waals surface area (Å²) in [4.78, 5) is 2.43. The zero-order valence-electron chi connectivity index (χ0n) is 35.8. The SMILES string of the molecule is Cc1cc(-c2cccc(-n3c4ccccc4c4ccccc43)c2)cc(C)c1N(c1ccc(-c2ccc3ccccc3c2)cc1)c1ccc(-c2ccc3cc4ccccc4cc3c2)cc1. The van der Waals surface area contributed by atoms with Crippen molar-refractivity contribution < 1.29 is 0 Å². The molecule has 12 rings (SSSR count). The van der Waals surface area contributed by atoms with Crippen molar-refractivity contribution in [2.75, 3.05) is 4.90 Å². The molecule has 1 heterocycles. The highest BCUT2D eigenvalue weighted by Gasteiger charge is 2.20. The molecule has 64 heavy (non-hydrogen) atoms. The van der Waals surface area contributed by atoms with Gasteiger partial charge in [-0.2, -0.15) is 0 Å². The fourth-order valence-corrected chi connectivity index (χ4v) is 10.0. The van der Waals surface area contributed by atoms with Crippen LogP contribution in [-0.4, -0.2) is 4.57 Å². The molecule has 0 unspecified atom stereocenters. The molecule has 12 aromatic rings. The average molecular weight is 817 g/mol. The molecule has 0 aliphatic heterocycles. The zero-order valence-corrected chi connectivity index (χ0v) is 35.8. The Hall–Kier alpha value is -8.20. The summed E-state index contributed by atoms with van der Waals surface area (Å²) in [7, 11) is 0. The number of rotatable bonds is 7. The predicted octanol–water partition coefficient (Wildman–Crippen LogP) is 17.3. The van der Waals surface area contributed by atoms with Gasteiger partial charge in [0.2, 0.25) is 0 Å². The maximum atomic E-state index is 2.43. The fourth-order valence-electron chi connectivity index (χ4n) is 10.0. The van der Waals surface area contributed by atoms with Crippen LogP contribution in [0.15, 0.2) is 231 Å². The summed E-state index contributed by atoms with van der Waals surface area (Å²) in [5, 5.41) is 10.1. The Kier molecular flexibility index (Phi) is 8.98. The first-order chi connectivity index (χ1) is 31.5. The van der Waals surface area contributed by atoms with Crippen molar-refractivity contribution in [3.05, 3.63) is 242 Å². The van der Waals surface area contributed by atoms with Crippen LogP contribution in [0, 0.1) is 13.8 Å². The van der Waals surface area contributed by atoms with E-state index in [0.717, 1.165) is 17.1 Å². The Morgan fingerprint density at radius 1 is 0.297 bits per heavy atom. The Balaban J connectivity index is 0.944. The highest BCUT2D eigenvalue weighted by atomic mass is 15.1. The molecule has 0 spiro atoms. The Bertz CT molecular complexity index is 3660. The smallest absolute Gasteiger partial charge is 0.0541 e. The van der Waals surface area contributed by atoms with Gasteiger partial charge in [0.1, 0.15) is 0 Å². The van der Waals surface area contributed by atoms with E-state index in [9.17, 15) is 0 Å². The van der Waals surface area contributed by atoms with Crippen LogP contribution in [0.1, 0.15) is 11.1 Å². The van der Waals surface area contributed by atoms with Gasteiger partial charge >= 0.3 is 0 Å². The maximum Gasteiger partial charge on any atom is 0.0541 e. The molecule has 2 heteroatoms. The molecule has 0 saturated carbocycles. The molecule has 0 fully saturated rings. The first kappa shape index (κ1) is 37.6. The predicted molar refractivity (Wildman–Crippen MR) is 274 cm³/mol. The van der Waals surface area contributed by atoms with Crippen LogP contribution in [0.25, 0.3) is 93.2 Å². The summed E-state index contributed by atoms with van der Waals surface area (Å²) < 4.78 is 2.40. The number of hydrogen-bond donors (Lipinski definition) is 0. The second-order valence-corrected chi connectivity index (χ2v) is 17.1. The molecule has 0 aliphatic rings. The summed E-state index contributed by atoms with van der Waals surface area (Å²) in [5.74, 6) is 0. The third kappa shape index (κ3) is 6.51. The van der Waals surface area contributed by atoms with E-state index in [2.05, 4.69) is 254 Å². The van der Waals surface area contributed by atoms with Gasteiger partial charge in [-0.05, 0) is 176 Å². The molecule has 0 N–H and O–H groups in total. The third-order valence-corrected chi connectivity index (χ3v) is 13.1. The number of hydrogen-bond acceptors (Lipinski definition) is 1. The molecule has 11 aromatic carbocycles. The lowest BCUT2D eigenvalue weighted by atomic mass is 9.96. The van der Waals surface area contributed by atoms with Gasteiger partial charge in [0.05, 0.1) is 16.7 Å². The molecular weight excluding hydrogens is 773 g/mol. The van der Waals surface area contributed by atoms with Crippen LogP contribution in [0.5, 0.6) is 0 Å². The molecule has 0 aliphatic carbocycles. The van der Waals surface area contributed by atoms with Crippen LogP contribution in [0.2, 0.25) is 0 Å². The van der Waals surface area contributed by atoms with Crippen molar-refractivity contribution in [2.45, 2.75) is 13.8 Å². The van der Waals surface area contributed by atoms with E-state index in [4.69, 9.17) is 0 Å². The van der Waals surface area contributed by atoms with E-state index in [1.54, 1.807) is 0 Å². The number of anilines is 3. The third-order valence-electron chi connectivity index (χ3n) is 13.1. The minimum atomic E-state index is 1.11. The topological polar surface area (TPSA) is 8.17 Å². The van der Waals surface area contributed by atoms with Gasteiger partial charge in [0, 0.05) is 27.8 Å². The van der Waals surface area contributed by atoms with Crippen LogP contribution < -0.4 is 4.90 Å². The second kappa shape index (κ2) is 15.3. The number of para-hydroxylation sites is 2. The monoisotopic (exact) mass is 816 g/mol. The van der Waals surface area contributed by atoms with E-state index in [0.29, 0.717) is 0 Å². The molecule has 302 valence electrons. The highest BCUT2D eigenvalue weighted by Crippen LogP contribution is 2.43. The van der Waals surface area contributed by atoms with Crippen LogP contribution >= 0.6 is 0 Å². The number of aromatic nitrogens is 1. The van der Waals surface area contributed by atoms with Crippen LogP contribution in [-0.2, 0) is 0 Å². The molecular formula is C62H44N2. The van der Waals surface area contributed by atoms with Gasteiger partial charge < -0.3 is 9.47 Å². The molecule has 0 atom stereocenters. The highest BCUT2D eigenvalue weighted by molar-refractivity contribution is 6.09. The van der Waals surface area contributed by atoms with Gasteiger partial charge in [-0.1, -0.05) is 146 Å². The molecule has 0 saturated heterocycles. The summed E-state index contributed by atoms with van der Waals surface area (Å²) in [6, 6.07) is 84.6. The largest absolute Gasteiger partial charge is 0.310 e. The van der Waals surface area contributed by atoms with Gasteiger partial charge in [-0.3, -0.25) is 0 Å². The van der Waals surface area contributed by atoms with Crippen LogP contribution in [0.3, 0.4) is 0 Å². The van der Waals surface area contributed by atoms with Crippen LogP contribution in [0.4, 0.5) is 17.1 Å². The number of aryl methyl sites for hydroxylation is 2. The van der Waals surface area contributed by atoms with E-state index < -0.39 is 0 Å². The zero-order chi connectivity index (χ0) is 42.7. The summed E-state index contributed by atoms with van der Waals surface area (Å²) in [6.45, 7) is 4.51. The fraction of sp³-hybridized carbons (Fsp3) is 0.0323. The molecule has 1 aromatic heterocycles. The maximum absolute atomic E-state index is 2.43. The van der Waals surface area contributed by atoms with Gasteiger partial charge in [0.15, 0.2) is 0 Å². The van der Waals surface area contributed by atoms with Crippen molar-refractivity contribution in [1.82, 2.24) is 4.57 Å². The number of benzene rings is 11.